The van der Waals surface area contributed by atoms with Gasteiger partial charge in [-0.3, -0.25) is 0 Å². The topological polar surface area (TPSA) is 81.2 Å². The minimum Gasteiger partial charge on any atom is -0.478 e. The molecular formula is C15H22N4O2. The van der Waals surface area contributed by atoms with Gasteiger partial charge in [-0.05, 0) is 39.8 Å². The third-order valence-electron chi connectivity index (χ3n) is 3.36. The van der Waals surface area contributed by atoms with E-state index in [0.717, 1.165) is 24.3 Å². The van der Waals surface area contributed by atoms with Crippen LogP contribution in [0, 0.1) is 0 Å². The van der Waals surface area contributed by atoms with E-state index >= 15 is 0 Å². The fourth-order valence-corrected chi connectivity index (χ4v) is 2.38. The van der Waals surface area contributed by atoms with Gasteiger partial charge in [0.1, 0.15) is 0 Å². The number of aromatic amines is 1. The fraction of sp³-hybridized carbons (Fsp3) is 0.467. The highest BCUT2D eigenvalue weighted by Crippen LogP contribution is 2.27. The second kappa shape index (κ2) is 6.03. The quantitative estimate of drug-likeness (QED) is 0.762. The van der Waals surface area contributed by atoms with E-state index in [-0.39, 0.29) is 11.6 Å². The number of fused-ring (bicyclic) bond motifs is 1. The number of H-pyrrole nitrogens is 1. The molecule has 3 N–H and O–H groups in total. The smallest absolute Gasteiger partial charge is 0.337 e. The number of carboxylic acid groups (broad SMARTS) is 1. The summed E-state index contributed by atoms with van der Waals surface area (Å²) in [7, 11) is 0. The van der Waals surface area contributed by atoms with E-state index in [9.17, 15) is 9.90 Å². The Morgan fingerprint density at radius 3 is 2.57 bits per heavy atom. The molecule has 0 amide bonds. The molecule has 0 unspecified atom stereocenters. The van der Waals surface area contributed by atoms with Crippen LogP contribution < -0.4 is 10.2 Å². The third kappa shape index (κ3) is 3.09. The van der Waals surface area contributed by atoms with Gasteiger partial charge in [0, 0.05) is 19.1 Å². The molecule has 1 aromatic carbocycles. The number of nitrogens with zero attached hydrogens (tertiary/aromatic N) is 2. The summed E-state index contributed by atoms with van der Waals surface area (Å²) in [6.45, 7) is 9.59. The second-order valence-corrected chi connectivity index (χ2v) is 5.25. The first kappa shape index (κ1) is 15.2. The molecule has 0 radical (unpaired) electrons. The maximum absolute atomic E-state index is 11.5. The Bertz CT molecular complexity index is 644. The summed E-state index contributed by atoms with van der Waals surface area (Å²) < 4.78 is 0. The summed E-state index contributed by atoms with van der Waals surface area (Å²) in [6.07, 6.45) is 0. The van der Waals surface area contributed by atoms with Crippen LogP contribution in [0.1, 0.15) is 38.1 Å². The van der Waals surface area contributed by atoms with Crippen LogP contribution in [0.2, 0.25) is 0 Å². The molecule has 21 heavy (non-hydrogen) atoms. The second-order valence-electron chi connectivity index (χ2n) is 5.25. The van der Waals surface area contributed by atoms with Gasteiger partial charge in [0.15, 0.2) is 0 Å². The van der Waals surface area contributed by atoms with Crippen molar-refractivity contribution in [3.8, 4) is 0 Å². The lowest BCUT2D eigenvalue weighted by Gasteiger charge is -2.22. The van der Waals surface area contributed by atoms with Gasteiger partial charge in [-0.2, -0.15) is 0 Å². The van der Waals surface area contributed by atoms with Crippen molar-refractivity contribution >= 4 is 28.6 Å². The Balaban J connectivity index is 2.56. The fourth-order valence-electron chi connectivity index (χ4n) is 2.38. The molecule has 114 valence electrons. The number of nitrogens with one attached hydrogen (secondary N) is 2. The third-order valence-corrected chi connectivity index (χ3v) is 3.36. The first-order chi connectivity index (χ1) is 9.96. The van der Waals surface area contributed by atoms with Gasteiger partial charge in [-0.1, -0.05) is 0 Å². The number of aromatic carboxylic acids is 1. The Morgan fingerprint density at radius 1 is 1.38 bits per heavy atom. The van der Waals surface area contributed by atoms with E-state index in [1.165, 1.54) is 0 Å². The lowest BCUT2D eigenvalue weighted by atomic mass is 10.1. The van der Waals surface area contributed by atoms with Gasteiger partial charge in [0.05, 0.1) is 22.3 Å². The maximum Gasteiger partial charge on any atom is 0.337 e. The molecule has 0 aliphatic heterocycles. The van der Waals surface area contributed by atoms with E-state index in [4.69, 9.17) is 0 Å². The number of rotatable bonds is 6. The largest absolute Gasteiger partial charge is 0.478 e. The average molecular weight is 290 g/mol. The Hall–Kier alpha value is -2.24. The van der Waals surface area contributed by atoms with Crippen molar-refractivity contribution in [1.82, 2.24) is 9.97 Å². The summed E-state index contributed by atoms with van der Waals surface area (Å²) in [5, 5.41) is 12.6. The lowest BCUT2D eigenvalue weighted by Crippen LogP contribution is -2.24. The van der Waals surface area contributed by atoms with Crippen molar-refractivity contribution in [2.45, 2.75) is 33.7 Å². The normalized spacial score (nSPS) is 11.1. The van der Waals surface area contributed by atoms with Crippen LogP contribution in [-0.2, 0) is 0 Å². The van der Waals surface area contributed by atoms with E-state index < -0.39 is 5.97 Å². The lowest BCUT2D eigenvalue weighted by molar-refractivity contribution is 0.0697. The van der Waals surface area contributed by atoms with Gasteiger partial charge in [0.2, 0.25) is 5.95 Å². The van der Waals surface area contributed by atoms with Crippen molar-refractivity contribution in [2.75, 3.05) is 23.3 Å². The number of carboxylic acids is 1. The van der Waals surface area contributed by atoms with Crippen molar-refractivity contribution < 1.29 is 9.90 Å². The number of hydrogen-bond donors (Lipinski definition) is 3. The molecule has 1 aromatic heterocycles. The predicted molar refractivity (Wildman–Crippen MR) is 85.4 cm³/mol. The number of aromatic nitrogens is 2. The molecule has 0 aliphatic carbocycles. The van der Waals surface area contributed by atoms with Crippen LogP contribution in [0.3, 0.4) is 0 Å². The number of hydrogen-bond acceptors (Lipinski definition) is 4. The van der Waals surface area contributed by atoms with Crippen molar-refractivity contribution in [2.24, 2.45) is 0 Å². The summed E-state index contributed by atoms with van der Waals surface area (Å²) in [5.74, 6) is -0.270. The van der Waals surface area contributed by atoms with Crippen molar-refractivity contribution in [1.29, 1.82) is 0 Å². The molecule has 0 atom stereocenters. The minimum atomic E-state index is -0.930. The van der Waals surface area contributed by atoms with E-state index in [1.54, 1.807) is 6.07 Å². The molecule has 2 aromatic rings. The van der Waals surface area contributed by atoms with Gasteiger partial charge in [0.25, 0.3) is 0 Å². The average Bonchev–Trinajstić information content (AvgIpc) is 2.79. The zero-order chi connectivity index (χ0) is 15.6. The van der Waals surface area contributed by atoms with Gasteiger partial charge < -0.3 is 20.3 Å². The summed E-state index contributed by atoms with van der Waals surface area (Å²) in [5.41, 5.74) is 2.50. The molecular weight excluding hydrogens is 268 g/mol. The van der Waals surface area contributed by atoms with Crippen molar-refractivity contribution in [3.05, 3.63) is 17.7 Å². The molecule has 2 rings (SSSR count). The van der Waals surface area contributed by atoms with Crippen LogP contribution in [0.4, 0.5) is 11.6 Å². The summed E-state index contributed by atoms with van der Waals surface area (Å²) >= 11 is 0. The monoisotopic (exact) mass is 290 g/mol. The summed E-state index contributed by atoms with van der Waals surface area (Å²) in [4.78, 5) is 21.1. The number of anilines is 2. The Labute approximate surface area is 124 Å². The van der Waals surface area contributed by atoms with Crippen LogP contribution in [-0.4, -0.2) is 40.2 Å². The van der Waals surface area contributed by atoms with E-state index in [0.29, 0.717) is 11.5 Å². The number of imidazole rings is 1. The molecule has 0 fully saturated rings. The first-order valence-corrected chi connectivity index (χ1v) is 7.24. The standard InChI is InChI=1S/C15H22N4O2/c1-5-19(6-2)13-8-12-11(7-10(13)14(20)21)17-15(18-12)16-9(3)4/h7-9H,5-6H2,1-4H3,(H,20,21)(H2,16,17,18). The molecule has 6 heteroatoms. The zero-order valence-corrected chi connectivity index (χ0v) is 12.9. The highest BCUT2D eigenvalue weighted by atomic mass is 16.4. The Kier molecular flexibility index (Phi) is 4.35. The zero-order valence-electron chi connectivity index (χ0n) is 12.9. The molecule has 1 heterocycles. The van der Waals surface area contributed by atoms with Crippen LogP contribution in [0.15, 0.2) is 12.1 Å². The van der Waals surface area contributed by atoms with E-state index in [2.05, 4.69) is 15.3 Å². The number of carbonyl (C=O) groups is 1. The Morgan fingerprint density at radius 2 is 2.05 bits per heavy atom. The molecule has 6 nitrogen and oxygen atoms in total. The highest BCUT2D eigenvalue weighted by molar-refractivity contribution is 5.99. The maximum atomic E-state index is 11.5. The molecule has 0 aliphatic rings. The molecule has 0 saturated carbocycles. The van der Waals surface area contributed by atoms with Crippen LogP contribution in [0.5, 0.6) is 0 Å². The highest BCUT2D eigenvalue weighted by Gasteiger charge is 2.17. The SMILES string of the molecule is CCN(CC)c1cc2[nH]c(NC(C)C)nc2cc1C(=O)O. The van der Waals surface area contributed by atoms with Crippen molar-refractivity contribution in [3.63, 3.8) is 0 Å². The van der Waals surface area contributed by atoms with Crippen LogP contribution >= 0.6 is 0 Å². The summed E-state index contributed by atoms with van der Waals surface area (Å²) in [6, 6.07) is 3.75. The number of benzene rings is 1. The first-order valence-electron chi connectivity index (χ1n) is 7.24. The van der Waals surface area contributed by atoms with Gasteiger partial charge in [-0.15, -0.1) is 0 Å². The van der Waals surface area contributed by atoms with E-state index in [1.807, 2.05) is 38.7 Å². The molecule has 0 bridgehead atoms. The van der Waals surface area contributed by atoms with Gasteiger partial charge >= 0.3 is 5.97 Å². The predicted octanol–water partition coefficient (Wildman–Crippen LogP) is 2.93. The molecule has 0 spiro atoms. The minimum absolute atomic E-state index is 0.256. The van der Waals surface area contributed by atoms with Gasteiger partial charge in [-0.25, -0.2) is 9.78 Å². The van der Waals surface area contributed by atoms with Crippen LogP contribution in [0.25, 0.3) is 11.0 Å². The molecule has 0 saturated heterocycles.